The van der Waals surface area contributed by atoms with E-state index < -0.39 is 0 Å². The monoisotopic (exact) mass is 346 g/mol. The van der Waals surface area contributed by atoms with E-state index in [1.54, 1.807) is 11.3 Å². The Morgan fingerprint density at radius 3 is 2.96 bits per heavy atom. The number of aryl methyl sites for hydroxylation is 1. The summed E-state index contributed by atoms with van der Waals surface area (Å²) in [5, 5.41) is 11.2. The second kappa shape index (κ2) is 7.53. The van der Waals surface area contributed by atoms with E-state index in [1.165, 1.54) is 4.88 Å². The first-order chi connectivity index (χ1) is 11.6. The number of carbonyl (C=O) groups excluding carboxylic acids is 1. The second-order valence-electron chi connectivity index (χ2n) is 6.61. The number of likely N-dealkylation sites (tertiary alicyclic amines) is 1. The largest absolute Gasteiger partial charge is 0.396 e. The number of hydrogen-bond acceptors (Lipinski definition) is 3. The van der Waals surface area contributed by atoms with E-state index >= 15 is 0 Å². The van der Waals surface area contributed by atoms with Crippen LogP contribution < -0.4 is 0 Å². The molecule has 0 spiro atoms. The van der Waals surface area contributed by atoms with Gasteiger partial charge in [0, 0.05) is 35.5 Å². The predicted molar refractivity (Wildman–Crippen MR) is 97.7 cm³/mol. The Balaban J connectivity index is 1.80. The van der Waals surface area contributed by atoms with Crippen LogP contribution in [0.5, 0.6) is 0 Å². The standard InChI is InChI=1S/C19H26N2O2S/c1-14-12-18(15(2)21(14)13-17-8-5-11-24-17)19(23)20-9-3-6-16(20)7-4-10-22/h5,8,11-12,16,22H,3-4,6-7,9-10,13H2,1-2H3. The molecule has 5 heteroatoms. The summed E-state index contributed by atoms with van der Waals surface area (Å²) in [5.41, 5.74) is 3.02. The summed E-state index contributed by atoms with van der Waals surface area (Å²) in [6, 6.07) is 6.52. The van der Waals surface area contributed by atoms with Gasteiger partial charge in [0.05, 0.1) is 12.1 Å². The molecule has 130 valence electrons. The Kier molecular flexibility index (Phi) is 5.41. The van der Waals surface area contributed by atoms with Gasteiger partial charge in [-0.3, -0.25) is 4.79 Å². The number of aromatic nitrogens is 1. The van der Waals surface area contributed by atoms with Crippen molar-refractivity contribution in [1.82, 2.24) is 9.47 Å². The molecular formula is C19H26N2O2S. The van der Waals surface area contributed by atoms with Crippen molar-refractivity contribution in [1.29, 1.82) is 0 Å². The lowest BCUT2D eigenvalue weighted by Crippen LogP contribution is -2.35. The van der Waals surface area contributed by atoms with E-state index in [1.807, 2.05) is 17.9 Å². The summed E-state index contributed by atoms with van der Waals surface area (Å²) in [6.45, 7) is 5.99. The van der Waals surface area contributed by atoms with Gasteiger partial charge < -0.3 is 14.6 Å². The van der Waals surface area contributed by atoms with Crippen molar-refractivity contribution in [3.63, 3.8) is 0 Å². The van der Waals surface area contributed by atoms with Crippen LogP contribution in [0.3, 0.4) is 0 Å². The minimum absolute atomic E-state index is 0.154. The quantitative estimate of drug-likeness (QED) is 0.869. The number of aliphatic hydroxyl groups is 1. The van der Waals surface area contributed by atoms with Crippen molar-refractivity contribution in [2.24, 2.45) is 0 Å². The molecule has 1 aliphatic heterocycles. The number of carbonyl (C=O) groups is 1. The molecule has 0 aromatic carbocycles. The van der Waals surface area contributed by atoms with Crippen LogP contribution in [0.25, 0.3) is 0 Å². The smallest absolute Gasteiger partial charge is 0.255 e. The average Bonchev–Trinajstić information content (AvgIpc) is 3.29. The van der Waals surface area contributed by atoms with E-state index in [2.05, 4.69) is 29.0 Å². The van der Waals surface area contributed by atoms with Gasteiger partial charge in [-0.1, -0.05) is 6.07 Å². The first kappa shape index (κ1) is 17.2. The Morgan fingerprint density at radius 1 is 1.42 bits per heavy atom. The van der Waals surface area contributed by atoms with E-state index in [4.69, 9.17) is 5.11 Å². The van der Waals surface area contributed by atoms with Crippen LogP contribution in [0.1, 0.15) is 52.3 Å². The lowest BCUT2D eigenvalue weighted by molar-refractivity contribution is 0.0723. The molecule has 0 bridgehead atoms. The molecule has 1 saturated heterocycles. The second-order valence-corrected chi connectivity index (χ2v) is 7.64. The summed E-state index contributed by atoms with van der Waals surface area (Å²) in [5.74, 6) is 0.154. The van der Waals surface area contributed by atoms with Crippen molar-refractivity contribution in [3.05, 3.63) is 45.4 Å². The molecule has 1 amide bonds. The fourth-order valence-corrected chi connectivity index (χ4v) is 4.40. The van der Waals surface area contributed by atoms with Crippen molar-refractivity contribution >= 4 is 17.2 Å². The number of rotatable bonds is 6. The minimum atomic E-state index is 0.154. The third-order valence-corrected chi connectivity index (χ3v) is 5.89. The Labute approximate surface area is 147 Å². The minimum Gasteiger partial charge on any atom is -0.396 e. The molecule has 0 aliphatic carbocycles. The third kappa shape index (κ3) is 3.42. The zero-order chi connectivity index (χ0) is 17.1. The van der Waals surface area contributed by atoms with Crippen molar-refractivity contribution in [2.45, 2.75) is 52.1 Å². The highest BCUT2D eigenvalue weighted by molar-refractivity contribution is 7.09. The molecular weight excluding hydrogens is 320 g/mol. The van der Waals surface area contributed by atoms with Gasteiger partial charge in [0.15, 0.2) is 0 Å². The molecule has 1 aliphatic rings. The van der Waals surface area contributed by atoms with Crippen LogP contribution in [0.15, 0.2) is 23.6 Å². The van der Waals surface area contributed by atoms with Crippen LogP contribution in [0, 0.1) is 13.8 Å². The fraction of sp³-hybridized carbons (Fsp3) is 0.526. The number of nitrogens with zero attached hydrogens (tertiary/aromatic N) is 2. The molecule has 1 fully saturated rings. The Morgan fingerprint density at radius 2 is 2.25 bits per heavy atom. The molecule has 1 atom stereocenters. The zero-order valence-corrected chi connectivity index (χ0v) is 15.3. The average molecular weight is 346 g/mol. The number of hydrogen-bond donors (Lipinski definition) is 1. The maximum absolute atomic E-state index is 13.1. The summed E-state index contributed by atoms with van der Waals surface area (Å²) in [6.07, 6.45) is 3.79. The first-order valence-corrected chi connectivity index (χ1v) is 9.60. The van der Waals surface area contributed by atoms with E-state index in [0.29, 0.717) is 0 Å². The highest BCUT2D eigenvalue weighted by atomic mass is 32.1. The van der Waals surface area contributed by atoms with Crippen LogP contribution in [0.2, 0.25) is 0 Å². The van der Waals surface area contributed by atoms with Crippen LogP contribution in [-0.2, 0) is 6.54 Å². The SMILES string of the molecule is Cc1cc(C(=O)N2CCCC2CCCO)c(C)n1Cc1cccs1. The maximum Gasteiger partial charge on any atom is 0.255 e. The molecule has 4 nitrogen and oxygen atoms in total. The van der Waals surface area contributed by atoms with E-state index in [9.17, 15) is 4.79 Å². The lowest BCUT2D eigenvalue weighted by atomic mass is 10.1. The normalized spacial score (nSPS) is 17.6. The molecule has 2 aromatic heterocycles. The number of amides is 1. The van der Waals surface area contributed by atoms with Crippen molar-refractivity contribution in [3.8, 4) is 0 Å². The molecule has 1 unspecified atom stereocenters. The van der Waals surface area contributed by atoms with Crippen LogP contribution in [-0.4, -0.2) is 39.7 Å². The summed E-state index contributed by atoms with van der Waals surface area (Å²) < 4.78 is 2.23. The zero-order valence-electron chi connectivity index (χ0n) is 14.5. The molecule has 24 heavy (non-hydrogen) atoms. The van der Waals surface area contributed by atoms with Gasteiger partial charge in [-0.05, 0) is 57.0 Å². The van der Waals surface area contributed by atoms with E-state index in [0.717, 1.165) is 55.7 Å². The number of thiophene rings is 1. The van der Waals surface area contributed by atoms with Crippen molar-refractivity contribution in [2.75, 3.05) is 13.2 Å². The maximum atomic E-state index is 13.1. The fourth-order valence-electron chi connectivity index (χ4n) is 3.70. The molecule has 3 rings (SSSR count). The van der Waals surface area contributed by atoms with Crippen LogP contribution in [0.4, 0.5) is 0 Å². The lowest BCUT2D eigenvalue weighted by Gasteiger charge is -2.24. The van der Waals surface area contributed by atoms with Gasteiger partial charge in [-0.25, -0.2) is 0 Å². The number of aliphatic hydroxyl groups excluding tert-OH is 1. The van der Waals surface area contributed by atoms with E-state index in [-0.39, 0.29) is 18.6 Å². The Hall–Kier alpha value is -1.59. The van der Waals surface area contributed by atoms with Gasteiger partial charge >= 0.3 is 0 Å². The van der Waals surface area contributed by atoms with Gasteiger partial charge in [0.2, 0.25) is 0 Å². The molecule has 3 heterocycles. The predicted octanol–water partition coefficient (Wildman–Crippen LogP) is 3.59. The first-order valence-electron chi connectivity index (χ1n) is 8.72. The topological polar surface area (TPSA) is 45.5 Å². The summed E-state index contributed by atoms with van der Waals surface area (Å²) in [4.78, 5) is 16.4. The molecule has 1 N–H and O–H groups in total. The van der Waals surface area contributed by atoms with Crippen LogP contribution >= 0.6 is 11.3 Å². The summed E-state index contributed by atoms with van der Waals surface area (Å²) in [7, 11) is 0. The van der Waals surface area contributed by atoms with Gasteiger partial charge in [-0.2, -0.15) is 0 Å². The molecule has 2 aromatic rings. The summed E-state index contributed by atoms with van der Waals surface area (Å²) >= 11 is 1.75. The highest BCUT2D eigenvalue weighted by Crippen LogP contribution is 2.26. The molecule has 0 saturated carbocycles. The van der Waals surface area contributed by atoms with Crippen molar-refractivity contribution < 1.29 is 9.90 Å². The van der Waals surface area contributed by atoms with Gasteiger partial charge in [-0.15, -0.1) is 11.3 Å². The highest BCUT2D eigenvalue weighted by Gasteiger charge is 2.30. The molecule has 0 radical (unpaired) electrons. The van der Waals surface area contributed by atoms with Gasteiger partial charge in [0.25, 0.3) is 5.91 Å². The Bertz CT molecular complexity index is 691. The third-order valence-electron chi connectivity index (χ3n) is 5.03. The van der Waals surface area contributed by atoms with Gasteiger partial charge in [0.1, 0.15) is 0 Å².